The Morgan fingerprint density at radius 3 is 2.32 bits per heavy atom. The zero-order chi connectivity index (χ0) is 18.1. The maximum absolute atomic E-state index is 12.3. The van der Waals surface area contributed by atoms with Crippen molar-refractivity contribution in [1.82, 2.24) is 15.5 Å². The van der Waals surface area contributed by atoms with Crippen LogP contribution in [0.2, 0.25) is 0 Å². The highest BCUT2D eigenvalue weighted by Gasteiger charge is 2.14. The molecule has 2 aromatic rings. The molecule has 2 amide bonds. The Morgan fingerprint density at radius 2 is 1.68 bits per heavy atom. The lowest BCUT2D eigenvalue weighted by atomic mass is 10.0. The number of nitrogens with zero attached hydrogens (tertiary/aromatic N) is 1. The van der Waals surface area contributed by atoms with Gasteiger partial charge in [0, 0.05) is 19.7 Å². The van der Waals surface area contributed by atoms with E-state index in [-0.39, 0.29) is 18.7 Å². The summed E-state index contributed by atoms with van der Waals surface area (Å²) >= 11 is 0. The number of aliphatic hydroxyl groups excluding tert-OH is 1. The minimum Gasteiger partial charge on any atom is -0.396 e. The van der Waals surface area contributed by atoms with E-state index in [0.29, 0.717) is 13.0 Å². The van der Waals surface area contributed by atoms with E-state index >= 15 is 0 Å². The number of carbonyl (C=O) groups is 1. The third-order valence-electron chi connectivity index (χ3n) is 3.97. The Bertz CT molecular complexity index is 659. The minimum absolute atomic E-state index is 0.0194. The van der Waals surface area contributed by atoms with E-state index < -0.39 is 0 Å². The molecule has 0 aliphatic heterocycles. The third-order valence-corrected chi connectivity index (χ3v) is 3.97. The van der Waals surface area contributed by atoms with Gasteiger partial charge in [-0.25, -0.2) is 4.79 Å². The van der Waals surface area contributed by atoms with Gasteiger partial charge in [-0.2, -0.15) is 0 Å². The van der Waals surface area contributed by atoms with Gasteiger partial charge in [0.05, 0.1) is 6.04 Å². The number of amides is 2. The van der Waals surface area contributed by atoms with Crippen molar-refractivity contribution in [2.75, 3.05) is 20.7 Å². The molecule has 5 heteroatoms. The number of hydrogen-bond donors (Lipinski definition) is 3. The van der Waals surface area contributed by atoms with E-state index in [4.69, 9.17) is 0 Å². The summed E-state index contributed by atoms with van der Waals surface area (Å²) in [6.07, 6.45) is 0.481. The van der Waals surface area contributed by atoms with Gasteiger partial charge in [0.2, 0.25) is 0 Å². The number of aliphatic hydroxyl groups is 1. The molecule has 25 heavy (non-hydrogen) atoms. The molecule has 0 bridgehead atoms. The summed E-state index contributed by atoms with van der Waals surface area (Å²) in [7, 11) is 4.05. The molecule has 0 aliphatic carbocycles. The first-order valence-electron chi connectivity index (χ1n) is 8.52. The maximum Gasteiger partial charge on any atom is 0.315 e. The van der Waals surface area contributed by atoms with Crippen LogP contribution >= 0.6 is 0 Å². The summed E-state index contributed by atoms with van der Waals surface area (Å²) in [5, 5.41) is 15.1. The molecule has 3 N–H and O–H groups in total. The first-order chi connectivity index (χ1) is 12.1. The van der Waals surface area contributed by atoms with Crippen LogP contribution in [0.5, 0.6) is 0 Å². The number of carbonyl (C=O) groups excluding carboxylic acids is 1. The Labute approximate surface area is 149 Å². The van der Waals surface area contributed by atoms with Gasteiger partial charge in [0.15, 0.2) is 0 Å². The molecule has 1 atom stereocenters. The van der Waals surface area contributed by atoms with Crippen LogP contribution in [0.3, 0.4) is 0 Å². The summed E-state index contributed by atoms with van der Waals surface area (Å²) in [4.78, 5) is 14.4. The zero-order valence-electron chi connectivity index (χ0n) is 14.9. The zero-order valence-corrected chi connectivity index (χ0v) is 14.9. The van der Waals surface area contributed by atoms with E-state index in [2.05, 4.69) is 21.6 Å². The summed E-state index contributed by atoms with van der Waals surface area (Å²) in [5.74, 6) is 0. The Morgan fingerprint density at radius 1 is 1.04 bits per heavy atom. The van der Waals surface area contributed by atoms with E-state index in [1.807, 2.05) is 62.6 Å². The molecule has 5 nitrogen and oxygen atoms in total. The topological polar surface area (TPSA) is 64.6 Å². The lowest BCUT2D eigenvalue weighted by Gasteiger charge is -2.19. The molecule has 0 fully saturated rings. The second-order valence-corrected chi connectivity index (χ2v) is 6.31. The van der Waals surface area contributed by atoms with Gasteiger partial charge in [-0.1, -0.05) is 54.6 Å². The fraction of sp³-hybridized carbons (Fsp3) is 0.350. The molecule has 134 valence electrons. The van der Waals surface area contributed by atoms with Gasteiger partial charge in [-0.05, 0) is 37.2 Å². The first kappa shape index (κ1) is 19.0. The van der Waals surface area contributed by atoms with Crippen LogP contribution in [0.1, 0.15) is 29.2 Å². The SMILES string of the molecule is CN(C)Cc1ccccc1CNC(=O)N[C@H](CCO)c1ccccc1. The number of hydrogen-bond acceptors (Lipinski definition) is 3. The standard InChI is InChI=1S/C20H27N3O2/c1-23(2)15-18-11-7-6-10-17(18)14-21-20(25)22-19(12-13-24)16-8-4-3-5-9-16/h3-11,19,24H,12-15H2,1-2H3,(H2,21,22,25)/t19-/m1/s1. The molecule has 0 heterocycles. The summed E-state index contributed by atoms with van der Waals surface area (Å²) in [5.41, 5.74) is 3.28. The Hall–Kier alpha value is -2.37. The second kappa shape index (κ2) is 9.81. The van der Waals surface area contributed by atoms with Gasteiger partial charge in [0.1, 0.15) is 0 Å². The molecule has 0 aliphatic rings. The van der Waals surface area contributed by atoms with Crippen LogP contribution in [0.4, 0.5) is 4.79 Å². The normalized spacial score (nSPS) is 12.0. The summed E-state index contributed by atoms with van der Waals surface area (Å²) < 4.78 is 0. The van der Waals surface area contributed by atoms with Crippen LogP contribution < -0.4 is 10.6 Å². The smallest absolute Gasteiger partial charge is 0.315 e. The Kier molecular flexibility index (Phi) is 7.44. The van der Waals surface area contributed by atoms with Crippen molar-refractivity contribution in [3.63, 3.8) is 0 Å². The number of urea groups is 1. The Balaban J connectivity index is 1.95. The van der Waals surface area contributed by atoms with E-state index in [1.54, 1.807) is 0 Å². The largest absolute Gasteiger partial charge is 0.396 e. The number of rotatable bonds is 8. The molecule has 0 unspecified atom stereocenters. The highest BCUT2D eigenvalue weighted by Crippen LogP contribution is 2.16. The maximum atomic E-state index is 12.3. The van der Waals surface area contributed by atoms with E-state index in [9.17, 15) is 9.90 Å². The number of benzene rings is 2. The predicted molar refractivity (Wildman–Crippen MR) is 100 cm³/mol. The van der Waals surface area contributed by atoms with Gasteiger partial charge in [-0.15, -0.1) is 0 Å². The molecular weight excluding hydrogens is 314 g/mol. The van der Waals surface area contributed by atoms with E-state index in [1.165, 1.54) is 5.56 Å². The summed E-state index contributed by atoms with van der Waals surface area (Å²) in [6, 6.07) is 17.3. The average molecular weight is 341 g/mol. The molecule has 0 aromatic heterocycles. The van der Waals surface area contributed by atoms with Crippen LogP contribution in [0.25, 0.3) is 0 Å². The van der Waals surface area contributed by atoms with Gasteiger partial charge < -0.3 is 20.6 Å². The van der Waals surface area contributed by atoms with Crippen LogP contribution in [0, 0.1) is 0 Å². The molecule has 0 saturated carbocycles. The average Bonchev–Trinajstić information content (AvgIpc) is 2.61. The van der Waals surface area contributed by atoms with Gasteiger partial charge in [0.25, 0.3) is 0 Å². The van der Waals surface area contributed by atoms with Gasteiger partial charge in [-0.3, -0.25) is 0 Å². The van der Waals surface area contributed by atoms with Crippen LogP contribution in [-0.2, 0) is 13.1 Å². The van der Waals surface area contributed by atoms with E-state index in [0.717, 1.165) is 17.7 Å². The van der Waals surface area contributed by atoms with Crippen molar-refractivity contribution in [3.05, 3.63) is 71.3 Å². The first-order valence-corrected chi connectivity index (χ1v) is 8.52. The fourth-order valence-electron chi connectivity index (χ4n) is 2.75. The molecule has 0 saturated heterocycles. The lowest BCUT2D eigenvalue weighted by molar-refractivity contribution is 0.229. The highest BCUT2D eigenvalue weighted by molar-refractivity contribution is 5.74. The predicted octanol–water partition coefficient (Wildman–Crippen LogP) is 2.67. The fourth-order valence-corrected chi connectivity index (χ4v) is 2.75. The van der Waals surface area contributed by atoms with Crippen LogP contribution in [0.15, 0.2) is 54.6 Å². The number of nitrogens with one attached hydrogen (secondary N) is 2. The molecule has 2 aromatic carbocycles. The molecular formula is C20H27N3O2. The summed E-state index contributed by atoms with van der Waals surface area (Å²) in [6.45, 7) is 1.32. The molecule has 0 radical (unpaired) electrons. The van der Waals surface area contributed by atoms with Crippen molar-refractivity contribution in [1.29, 1.82) is 0 Å². The molecule has 0 spiro atoms. The lowest BCUT2D eigenvalue weighted by Crippen LogP contribution is -2.38. The van der Waals surface area contributed by atoms with Crippen molar-refractivity contribution in [3.8, 4) is 0 Å². The minimum atomic E-state index is -0.234. The second-order valence-electron chi connectivity index (χ2n) is 6.31. The van der Waals surface area contributed by atoms with Crippen molar-refractivity contribution < 1.29 is 9.90 Å². The van der Waals surface area contributed by atoms with Crippen LogP contribution in [-0.4, -0.2) is 36.7 Å². The quantitative estimate of drug-likeness (QED) is 0.692. The van der Waals surface area contributed by atoms with Crippen molar-refractivity contribution in [2.24, 2.45) is 0 Å². The van der Waals surface area contributed by atoms with Crippen molar-refractivity contribution >= 4 is 6.03 Å². The van der Waals surface area contributed by atoms with Gasteiger partial charge >= 0.3 is 6.03 Å². The third kappa shape index (κ3) is 6.21. The monoisotopic (exact) mass is 341 g/mol. The molecule has 2 rings (SSSR count). The highest BCUT2D eigenvalue weighted by atomic mass is 16.3. The van der Waals surface area contributed by atoms with Crippen molar-refractivity contribution in [2.45, 2.75) is 25.6 Å².